The molecule has 0 radical (unpaired) electrons. The molecule has 0 saturated carbocycles. The lowest BCUT2D eigenvalue weighted by molar-refractivity contribution is 0.531. The van der Waals surface area contributed by atoms with E-state index in [1.54, 1.807) is 0 Å². The van der Waals surface area contributed by atoms with Crippen molar-refractivity contribution < 1.29 is 0 Å². The second kappa shape index (κ2) is 8.25. The number of aryl methyl sites for hydroxylation is 1. The molecule has 4 heteroatoms. The summed E-state index contributed by atoms with van der Waals surface area (Å²) in [6.45, 7) is 10.9. The Morgan fingerprint density at radius 2 is 2.00 bits per heavy atom. The van der Waals surface area contributed by atoms with Gasteiger partial charge in [0.05, 0.1) is 3.79 Å². The van der Waals surface area contributed by atoms with Gasteiger partial charge in [0, 0.05) is 11.4 Å². The van der Waals surface area contributed by atoms with Gasteiger partial charge in [0.25, 0.3) is 0 Å². The lowest BCUT2D eigenvalue weighted by atomic mass is 10.2. The molecule has 98 valence electrons. The maximum absolute atomic E-state index is 3.55. The summed E-state index contributed by atoms with van der Waals surface area (Å²) < 4.78 is 1.26. The minimum Gasteiger partial charge on any atom is -0.316 e. The first kappa shape index (κ1) is 15.2. The zero-order valence-electron chi connectivity index (χ0n) is 11.0. The first-order chi connectivity index (χ1) is 8.09. The summed E-state index contributed by atoms with van der Waals surface area (Å²) in [6.07, 6.45) is 1.19. The van der Waals surface area contributed by atoms with Crippen molar-refractivity contribution in [3.8, 4) is 0 Å². The summed E-state index contributed by atoms with van der Waals surface area (Å²) in [4.78, 5) is 1.41. The van der Waals surface area contributed by atoms with Gasteiger partial charge in [0.1, 0.15) is 0 Å². The molecule has 0 saturated heterocycles. The van der Waals surface area contributed by atoms with E-state index in [1.165, 1.54) is 20.6 Å². The molecule has 0 bridgehead atoms. The number of halogens is 1. The second-order valence-electron chi connectivity index (χ2n) is 4.80. The molecule has 17 heavy (non-hydrogen) atoms. The lowest BCUT2D eigenvalue weighted by Gasteiger charge is -2.07. The van der Waals surface area contributed by atoms with Gasteiger partial charge < -0.3 is 10.6 Å². The Labute approximate surface area is 117 Å². The molecule has 2 N–H and O–H groups in total. The largest absolute Gasteiger partial charge is 0.316 e. The van der Waals surface area contributed by atoms with Crippen molar-refractivity contribution in [2.75, 3.05) is 19.6 Å². The highest BCUT2D eigenvalue weighted by atomic mass is 79.9. The van der Waals surface area contributed by atoms with Gasteiger partial charge in [-0.25, -0.2) is 0 Å². The van der Waals surface area contributed by atoms with Crippen LogP contribution in [-0.4, -0.2) is 19.6 Å². The number of hydrogen-bond donors (Lipinski definition) is 2. The fourth-order valence-corrected chi connectivity index (χ4v) is 3.15. The third-order valence-electron chi connectivity index (χ3n) is 2.47. The molecular weight excluding hydrogens is 296 g/mol. The van der Waals surface area contributed by atoms with E-state index in [2.05, 4.69) is 53.4 Å². The van der Waals surface area contributed by atoms with Gasteiger partial charge in [-0.05, 0) is 66.5 Å². The summed E-state index contributed by atoms with van der Waals surface area (Å²) >= 11 is 5.38. The Bertz CT molecular complexity index is 304. The van der Waals surface area contributed by atoms with Crippen LogP contribution in [0.2, 0.25) is 0 Å². The maximum Gasteiger partial charge on any atom is 0.0730 e. The van der Waals surface area contributed by atoms with Crippen molar-refractivity contribution in [2.24, 2.45) is 5.92 Å². The van der Waals surface area contributed by atoms with E-state index in [0.29, 0.717) is 0 Å². The Kier molecular flexibility index (Phi) is 7.35. The standard InChI is InChI=1S/C13H23BrN2S/c1-10(2)8-15-5-4-6-16-9-12-7-11(3)13(14)17-12/h7,10,15-16H,4-6,8-9H2,1-3H3. The Balaban J connectivity index is 2.01. The van der Waals surface area contributed by atoms with Crippen molar-refractivity contribution in [1.82, 2.24) is 10.6 Å². The molecule has 1 heterocycles. The molecule has 0 fully saturated rings. The van der Waals surface area contributed by atoms with Crippen molar-refractivity contribution in [1.29, 1.82) is 0 Å². The molecule has 0 unspecified atom stereocenters. The minimum atomic E-state index is 0.745. The summed E-state index contributed by atoms with van der Waals surface area (Å²) in [6, 6.07) is 2.25. The molecule has 1 aromatic heterocycles. The van der Waals surface area contributed by atoms with Gasteiger partial charge in [-0.2, -0.15) is 0 Å². The van der Waals surface area contributed by atoms with E-state index in [1.807, 2.05) is 11.3 Å². The fourth-order valence-electron chi connectivity index (χ4n) is 1.55. The lowest BCUT2D eigenvalue weighted by Crippen LogP contribution is -2.24. The molecule has 0 aliphatic heterocycles. The summed E-state index contributed by atoms with van der Waals surface area (Å²) in [5.41, 5.74) is 1.34. The van der Waals surface area contributed by atoms with Crippen molar-refractivity contribution >= 4 is 27.3 Å². The van der Waals surface area contributed by atoms with Crippen LogP contribution in [0.15, 0.2) is 9.85 Å². The highest BCUT2D eigenvalue weighted by molar-refractivity contribution is 9.11. The van der Waals surface area contributed by atoms with Crippen molar-refractivity contribution in [2.45, 2.75) is 33.7 Å². The van der Waals surface area contributed by atoms with E-state index in [4.69, 9.17) is 0 Å². The maximum atomic E-state index is 3.55. The minimum absolute atomic E-state index is 0.745. The topological polar surface area (TPSA) is 24.1 Å². The Hall–Kier alpha value is 0.100. The number of thiophene rings is 1. The second-order valence-corrected chi connectivity index (χ2v) is 7.25. The zero-order valence-corrected chi connectivity index (χ0v) is 13.4. The van der Waals surface area contributed by atoms with Crippen molar-refractivity contribution in [3.63, 3.8) is 0 Å². The van der Waals surface area contributed by atoms with E-state index in [0.717, 1.165) is 32.1 Å². The van der Waals surface area contributed by atoms with Gasteiger partial charge in [0.2, 0.25) is 0 Å². The van der Waals surface area contributed by atoms with Gasteiger partial charge >= 0.3 is 0 Å². The van der Waals surface area contributed by atoms with Crippen molar-refractivity contribution in [3.05, 3.63) is 20.3 Å². The van der Waals surface area contributed by atoms with E-state index < -0.39 is 0 Å². The zero-order chi connectivity index (χ0) is 12.7. The van der Waals surface area contributed by atoms with Crippen LogP contribution in [0.3, 0.4) is 0 Å². The average Bonchev–Trinajstić information content (AvgIpc) is 2.56. The summed E-state index contributed by atoms with van der Waals surface area (Å²) in [7, 11) is 0. The van der Waals surface area contributed by atoms with Gasteiger partial charge in [0.15, 0.2) is 0 Å². The Morgan fingerprint density at radius 1 is 1.29 bits per heavy atom. The van der Waals surface area contributed by atoms with Gasteiger partial charge in [-0.1, -0.05) is 13.8 Å². The SMILES string of the molecule is Cc1cc(CNCCCNCC(C)C)sc1Br. The molecule has 1 rings (SSSR count). The predicted octanol–water partition coefficient (Wildman–Crippen LogP) is 3.54. The number of nitrogens with one attached hydrogen (secondary N) is 2. The van der Waals surface area contributed by atoms with Crippen LogP contribution in [0.25, 0.3) is 0 Å². The molecule has 0 aliphatic rings. The van der Waals surface area contributed by atoms with Crippen LogP contribution >= 0.6 is 27.3 Å². The smallest absolute Gasteiger partial charge is 0.0730 e. The molecule has 0 spiro atoms. The van der Waals surface area contributed by atoms with Crippen LogP contribution in [0.5, 0.6) is 0 Å². The first-order valence-electron chi connectivity index (χ1n) is 6.26. The van der Waals surface area contributed by atoms with Gasteiger partial charge in [-0.15, -0.1) is 11.3 Å². The van der Waals surface area contributed by atoms with Crippen LogP contribution in [0.1, 0.15) is 30.7 Å². The molecule has 1 aromatic rings. The molecule has 0 amide bonds. The van der Waals surface area contributed by atoms with Crippen LogP contribution in [0.4, 0.5) is 0 Å². The highest BCUT2D eigenvalue weighted by Gasteiger charge is 2.01. The normalized spacial score (nSPS) is 11.4. The Morgan fingerprint density at radius 3 is 2.59 bits per heavy atom. The van der Waals surface area contributed by atoms with Gasteiger partial charge in [-0.3, -0.25) is 0 Å². The van der Waals surface area contributed by atoms with E-state index in [-0.39, 0.29) is 0 Å². The molecule has 2 nitrogen and oxygen atoms in total. The molecule has 0 atom stereocenters. The van der Waals surface area contributed by atoms with Crippen LogP contribution in [0, 0.1) is 12.8 Å². The highest BCUT2D eigenvalue weighted by Crippen LogP contribution is 2.26. The van der Waals surface area contributed by atoms with E-state index in [9.17, 15) is 0 Å². The van der Waals surface area contributed by atoms with Crippen LogP contribution in [-0.2, 0) is 6.54 Å². The fraction of sp³-hybridized carbons (Fsp3) is 0.692. The average molecular weight is 319 g/mol. The monoisotopic (exact) mass is 318 g/mol. The number of hydrogen-bond acceptors (Lipinski definition) is 3. The number of rotatable bonds is 8. The van der Waals surface area contributed by atoms with E-state index >= 15 is 0 Å². The molecular formula is C13H23BrN2S. The quantitative estimate of drug-likeness (QED) is 0.716. The third-order valence-corrected chi connectivity index (χ3v) is 4.60. The third kappa shape index (κ3) is 6.55. The van der Waals surface area contributed by atoms with Crippen LogP contribution < -0.4 is 10.6 Å². The summed E-state index contributed by atoms with van der Waals surface area (Å²) in [5.74, 6) is 0.745. The first-order valence-corrected chi connectivity index (χ1v) is 7.86. The molecule has 0 aliphatic carbocycles. The predicted molar refractivity (Wildman–Crippen MR) is 80.8 cm³/mol. The molecule has 0 aromatic carbocycles. The summed E-state index contributed by atoms with van der Waals surface area (Å²) in [5, 5.41) is 6.93.